The van der Waals surface area contributed by atoms with E-state index in [-0.39, 0.29) is 16.5 Å². The summed E-state index contributed by atoms with van der Waals surface area (Å²) in [6.07, 6.45) is 1.77. The molecular formula is C19H15Cl3N4O. The zero-order valence-corrected chi connectivity index (χ0v) is 16.5. The fraction of sp³-hybridized carbons (Fsp3) is 0.211. The number of halogens is 3. The van der Waals surface area contributed by atoms with E-state index in [4.69, 9.17) is 34.8 Å². The summed E-state index contributed by atoms with van der Waals surface area (Å²) in [6.45, 7) is 2.36. The first-order valence-corrected chi connectivity index (χ1v) is 9.57. The van der Waals surface area contributed by atoms with Crippen LogP contribution in [0.15, 0.2) is 42.6 Å². The lowest BCUT2D eigenvalue weighted by molar-refractivity contribution is 0.0747. The van der Waals surface area contributed by atoms with E-state index >= 15 is 0 Å². The van der Waals surface area contributed by atoms with Gasteiger partial charge in [0.15, 0.2) is 0 Å². The first kappa shape index (κ1) is 18.3. The molecular weight excluding hydrogens is 407 g/mol. The second-order valence-corrected chi connectivity index (χ2v) is 7.41. The molecule has 2 aromatic carbocycles. The lowest BCUT2D eigenvalue weighted by atomic mass is 10.1. The number of anilines is 1. The summed E-state index contributed by atoms with van der Waals surface area (Å²) in [6, 6.07) is 10.9. The monoisotopic (exact) mass is 420 g/mol. The molecule has 1 aliphatic rings. The van der Waals surface area contributed by atoms with Crippen LogP contribution in [0.1, 0.15) is 10.4 Å². The molecule has 0 aliphatic carbocycles. The first-order valence-electron chi connectivity index (χ1n) is 8.44. The topological polar surface area (TPSA) is 49.3 Å². The fourth-order valence-electron chi connectivity index (χ4n) is 3.12. The minimum absolute atomic E-state index is 0.192. The number of carbonyl (C=O) groups excluding carboxylic acids is 1. The van der Waals surface area contributed by atoms with Gasteiger partial charge in [0, 0.05) is 26.2 Å². The van der Waals surface area contributed by atoms with E-state index in [0.29, 0.717) is 36.2 Å². The van der Waals surface area contributed by atoms with Crippen LogP contribution in [0.3, 0.4) is 0 Å². The number of hydrogen-bond donors (Lipinski definition) is 0. The zero-order chi connectivity index (χ0) is 19.0. The van der Waals surface area contributed by atoms with Gasteiger partial charge in [-0.1, -0.05) is 46.9 Å². The summed E-state index contributed by atoms with van der Waals surface area (Å²) < 4.78 is 0. The van der Waals surface area contributed by atoms with Gasteiger partial charge >= 0.3 is 0 Å². The number of rotatable bonds is 2. The van der Waals surface area contributed by atoms with Crippen molar-refractivity contribution in [2.24, 2.45) is 0 Å². The number of fused-ring (bicyclic) bond motifs is 1. The van der Waals surface area contributed by atoms with E-state index in [9.17, 15) is 4.79 Å². The van der Waals surface area contributed by atoms with Crippen LogP contribution >= 0.6 is 34.8 Å². The van der Waals surface area contributed by atoms with Gasteiger partial charge in [0.05, 0.1) is 37.9 Å². The molecule has 0 unspecified atom stereocenters. The maximum absolute atomic E-state index is 12.9. The molecule has 0 bridgehead atoms. The molecule has 8 heteroatoms. The van der Waals surface area contributed by atoms with Crippen LogP contribution in [-0.4, -0.2) is 47.0 Å². The summed E-state index contributed by atoms with van der Waals surface area (Å²) in [5.41, 5.74) is 1.97. The molecule has 138 valence electrons. The first-order chi connectivity index (χ1) is 13.0. The maximum atomic E-state index is 12.9. The quantitative estimate of drug-likeness (QED) is 0.570. The minimum atomic E-state index is -0.211. The van der Waals surface area contributed by atoms with Crippen LogP contribution in [0, 0.1) is 0 Å². The summed E-state index contributed by atoms with van der Waals surface area (Å²) >= 11 is 18.4. The van der Waals surface area contributed by atoms with Crippen LogP contribution in [0.4, 0.5) is 5.82 Å². The fourth-order valence-corrected chi connectivity index (χ4v) is 3.81. The van der Waals surface area contributed by atoms with Crippen LogP contribution in [0.25, 0.3) is 11.0 Å². The highest BCUT2D eigenvalue weighted by Gasteiger charge is 2.27. The van der Waals surface area contributed by atoms with Gasteiger partial charge in [-0.3, -0.25) is 9.78 Å². The molecule has 0 N–H and O–H groups in total. The van der Waals surface area contributed by atoms with Crippen molar-refractivity contribution < 1.29 is 4.79 Å². The van der Waals surface area contributed by atoms with Crippen molar-refractivity contribution in [2.45, 2.75) is 0 Å². The van der Waals surface area contributed by atoms with Gasteiger partial charge in [0.2, 0.25) is 0 Å². The Labute approximate surface area is 171 Å². The Morgan fingerprint density at radius 3 is 2.30 bits per heavy atom. The zero-order valence-electron chi connectivity index (χ0n) is 14.2. The number of aromatic nitrogens is 2. The number of benzene rings is 2. The molecule has 3 aromatic rings. The van der Waals surface area contributed by atoms with Gasteiger partial charge in [0.1, 0.15) is 5.82 Å². The Balaban J connectivity index is 1.50. The second kappa shape index (κ2) is 7.50. The van der Waals surface area contributed by atoms with Crippen molar-refractivity contribution in [3.63, 3.8) is 0 Å². The molecule has 27 heavy (non-hydrogen) atoms. The lowest BCUT2D eigenvalue weighted by Crippen LogP contribution is -2.49. The summed E-state index contributed by atoms with van der Waals surface area (Å²) in [5.74, 6) is 0.594. The predicted molar refractivity (Wildman–Crippen MR) is 109 cm³/mol. The smallest absolute Gasteiger partial charge is 0.257 e. The molecule has 1 amide bonds. The molecule has 5 nitrogen and oxygen atoms in total. The Bertz CT molecular complexity index is 1020. The molecule has 0 saturated carbocycles. The van der Waals surface area contributed by atoms with E-state index in [1.165, 1.54) is 0 Å². The van der Waals surface area contributed by atoms with Crippen molar-refractivity contribution in [1.82, 2.24) is 14.9 Å². The van der Waals surface area contributed by atoms with Crippen molar-refractivity contribution in [1.29, 1.82) is 0 Å². The standard InChI is InChI=1S/C19H15Cl3N4O/c20-12-5-6-13(21)18(22)17(12)19(27)26-9-7-25(8-10-26)16-11-23-14-3-1-2-4-15(14)24-16/h1-6,11H,7-10H2. The van der Waals surface area contributed by atoms with Crippen LogP contribution in [0.5, 0.6) is 0 Å². The minimum Gasteiger partial charge on any atom is -0.352 e. The van der Waals surface area contributed by atoms with Gasteiger partial charge < -0.3 is 9.80 Å². The van der Waals surface area contributed by atoms with Gasteiger partial charge in [-0.25, -0.2) is 4.98 Å². The molecule has 1 aliphatic heterocycles. The molecule has 4 rings (SSSR count). The molecule has 0 atom stereocenters. The number of carbonyl (C=O) groups is 1. The third-order valence-electron chi connectivity index (χ3n) is 4.58. The number of piperazine rings is 1. The molecule has 1 aromatic heterocycles. The molecule has 1 fully saturated rings. The van der Waals surface area contributed by atoms with E-state index < -0.39 is 0 Å². The van der Waals surface area contributed by atoms with E-state index in [2.05, 4.69) is 14.9 Å². The van der Waals surface area contributed by atoms with Gasteiger partial charge in [0.25, 0.3) is 5.91 Å². The normalized spacial score (nSPS) is 14.6. The Kier molecular flexibility index (Phi) is 5.08. The van der Waals surface area contributed by atoms with Crippen molar-refractivity contribution in [3.8, 4) is 0 Å². The summed E-state index contributed by atoms with van der Waals surface area (Å²) in [5, 5.41) is 0.809. The van der Waals surface area contributed by atoms with Gasteiger partial charge in [-0.2, -0.15) is 0 Å². The Morgan fingerprint density at radius 2 is 1.56 bits per heavy atom. The van der Waals surface area contributed by atoms with Gasteiger partial charge in [-0.05, 0) is 24.3 Å². The highest BCUT2D eigenvalue weighted by Crippen LogP contribution is 2.32. The van der Waals surface area contributed by atoms with Crippen molar-refractivity contribution in [3.05, 3.63) is 63.2 Å². The third kappa shape index (κ3) is 3.55. The number of nitrogens with zero attached hydrogens (tertiary/aromatic N) is 4. The molecule has 0 spiro atoms. The average Bonchev–Trinajstić information content (AvgIpc) is 2.71. The maximum Gasteiger partial charge on any atom is 0.257 e. The van der Waals surface area contributed by atoms with Crippen LogP contribution < -0.4 is 4.90 Å². The molecule has 1 saturated heterocycles. The van der Waals surface area contributed by atoms with Crippen LogP contribution in [0.2, 0.25) is 15.1 Å². The summed E-state index contributed by atoms with van der Waals surface area (Å²) in [7, 11) is 0. The van der Waals surface area contributed by atoms with Gasteiger partial charge in [-0.15, -0.1) is 0 Å². The lowest BCUT2D eigenvalue weighted by Gasteiger charge is -2.35. The number of para-hydroxylation sites is 2. The van der Waals surface area contributed by atoms with Crippen LogP contribution in [-0.2, 0) is 0 Å². The largest absolute Gasteiger partial charge is 0.352 e. The molecule has 2 heterocycles. The highest BCUT2D eigenvalue weighted by atomic mass is 35.5. The Hall–Kier alpha value is -2.08. The molecule has 0 radical (unpaired) electrons. The Morgan fingerprint density at radius 1 is 0.889 bits per heavy atom. The number of hydrogen-bond acceptors (Lipinski definition) is 4. The van der Waals surface area contributed by atoms with Crippen molar-refractivity contribution in [2.75, 3.05) is 31.1 Å². The van der Waals surface area contributed by atoms with E-state index in [1.54, 1.807) is 23.2 Å². The van der Waals surface area contributed by atoms with Crippen molar-refractivity contribution >= 4 is 57.6 Å². The number of amides is 1. The predicted octanol–water partition coefficient (Wildman–Crippen LogP) is 4.55. The van der Waals surface area contributed by atoms with E-state index in [0.717, 1.165) is 16.9 Å². The SMILES string of the molecule is O=C(c1c(Cl)ccc(Cl)c1Cl)N1CCN(c2cnc3ccccc3n2)CC1. The highest BCUT2D eigenvalue weighted by molar-refractivity contribution is 6.46. The average molecular weight is 422 g/mol. The summed E-state index contributed by atoms with van der Waals surface area (Å²) in [4.78, 5) is 25.8. The third-order valence-corrected chi connectivity index (χ3v) is 5.70. The van der Waals surface area contributed by atoms with E-state index in [1.807, 2.05) is 24.3 Å². The second-order valence-electron chi connectivity index (χ2n) is 6.21.